The molecule has 0 aliphatic heterocycles. The third kappa shape index (κ3) is 29.2. The largest absolute Gasteiger partial charge is 2.00 e. The van der Waals surface area contributed by atoms with E-state index in [0.29, 0.717) is 0 Å². The number of hydrogen-bond donors (Lipinski definition) is 3. The third-order valence-corrected chi connectivity index (χ3v) is 0.986. The Morgan fingerprint density at radius 3 is 1.75 bits per heavy atom. The van der Waals surface area contributed by atoms with E-state index in [1.807, 2.05) is 0 Å². The predicted octanol–water partition coefficient (Wildman–Crippen LogP) is -2.08. The number of carboxylic acid groups (broad SMARTS) is 2. The minimum atomic E-state index is -5.17. The molecule has 0 saturated heterocycles. The van der Waals surface area contributed by atoms with E-state index in [0.717, 1.165) is 0 Å². The fourth-order valence-electron chi connectivity index (χ4n) is 0.402. The second-order valence-corrected chi connectivity index (χ2v) is 3.10. The molecule has 0 fully saturated rings. The first-order valence-corrected chi connectivity index (χ1v) is 4.74. The number of nitrogens with two attached hydrogens (primary N) is 1. The molecule has 16 heavy (non-hydrogen) atoms. The Balaban J connectivity index is -0.000000242. The van der Waals surface area contributed by atoms with Gasteiger partial charge < -0.3 is 25.1 Å². The number of rotatable bonds is 4. The van der Waals surface area contributed by atoms with Crippen molar-refractivity contribution in [1.82, 2.24) is 0 Å². The Labute approximate surface area is 102 Å². The summed E-state index contributed by atoms with van der Waals surface area (Å²) in [5.74, 6) is -2.20. The maximum Gasteiger partial charge on any atom is 2.00 e. The normalized spacial score (nSPS) is 11.4. The van der Waals surface area contributed by atoms with Gasteiger partial charge in [-0.2, -0.15) is 0 Å². The minimum absolute atomic E-state index is 0. The van der Waals surface area contributed by atoms with Gasteiger partial charge in [0.05, 0.1) is 0 Å². The Kier molecular flexibility index (Phi) is 12.3. The van der Waals surface area contributed by atoms with Crippen molar-refractivity contribution < 1.29 is 54.4 Å². The molecule has 99 valence electrons. The van der Waals surface area contributed by atoms with Crippen molar-refractivity contribution >= 4 is 22.3 Å². The zero-order valence-electron chi connectivity index (χ0n) is 7.62. The van der Waals surface area contributed by atoms with Crippen molar-refractivity contribution in [1.29, 1.82) is 0 Å². The molecule has 0 bridgehead atoms. The van der Waals surface area contributed by atoms with Gasteiger partial charge in [0.2, 0.25) is 0 Å². The van der Waals surface area contributed by atoms with Crippen LogP contribution in [0.4, 0.5) is 0 Å². The molecule has 1 unspecified atom stereocenters. The summed E-state index contributed by atoms with van der Waals surface area (Å²) in [5, 5.41) is 16.3. The molecule has 1 atom stereocenters. The molecule has 0 saturated carbocycles. The van der Waals surface area contributed by atoms with Crippen LogP contribution in [-0.2, 0) is 37.1 Å². The van der Waals surface area contributed by atoms with Crippen LogP contribution in [0.25, 0.3) is 0 Å². The second kappa shape index (κ2) is 9.51. The van der Waals surface area contributed by atoms with E-state index in [4.69, 9.17) is 33.5 Å². The van der Waals surface area contributed by atoms with Gasteiger partial charge in [0, 0.05) is 16.8 Å². The van der Waals surface area contributed by atoms with Crippen LogP contribution < -0.4 is 5.73 Å². The molecular formula is C5H9CuNO8S. The first-order valence-electron chi connectivity index (χ1n) is 3.41. The molecule has 0 aliphatic rings. The Hall–Kier alpha value is -0.711. The van der Waals surface area contributed by atoms with Gasteiger partial charge in [0.15, 0.2) is 0 Å². The summed E-state index contributed by atoms with van der Waals surface area (Å²) in [5.41, 5.74) is 5.00. The predicted molar refractivity (Wildman–Crippen MR) is 43.0 cm³/mol. The average Bonchev–Trinajstić information content (AvgIpc) is 1.96. The standard InChI is InChI=1S/C5H9NO4.Cu.H2O4S/c6-3(5(9)10)1-2-4(7)8;;1-5(2,3)4/h3H,1-2,6H2,(H,7,8)(H,9,10);;(H2,1,2,3,4)/q;+2;/p-2. The van der Waals surface area contributed by atoms with Gasteiger partial charge >= 0.3 is 29.0 Å². The van der Waals surface area contributed by atoms with Gasteiger partial charge in [-0.1, -0.05) is 0 Å². The molecule has 0 spiro atoms. The van der Waals surface area contributed by atoms with Gasteiger partial charge in [0.25, 0.3) is 0 Å². The van der Waals surface area contributed by atoms with E-state index >= 15 is 0 Å². The fourth-order valence-corrected chi connectivity index (χ4v) is 0.402. The van der Waals surface area contributed by atoms with Gasteiger partial charge in [-0.15, -0.1) is 0 Å². The maximum atomic E-state index is 9.99. The monoisotopic (exact) mass is 306 g/mol. The molecule has 0 aromatic rings. The molecule has 11 heteroatoms. The fraction of sp³-hybridized carbons (Fsp3) is 0.600. The van der Waals surface area contributed by atoms with E-state index in [9.17, 15) is 9.59 Å². The number of carboxylic acids is 2. The van der Waals surface area contributed by atoms with Crippen LogP contribution in [-0.4, -0.2) is 45.7 Å². The number of aliphatic carboxylic acids is 2. The zero-order chi connectivity index (χ0) is 12.6. The molecule has 0 aromatic carbocycles. The van der Waals surface area contributed by atoms with Crippen molar-refractivity contribution in [3.63, 3.8) is 0 Å². The van der Waals surface area contributed by atoms with Crippen molar-refractivity contribution in [2.24, 2.45) is 5.73 Å². The summed E-state index contributed by atoms with van der Waals surface area (Å²) < 4.78 is 34.1. The van der Waals surface area contributed by atoms with E-state index < -0.39 is 28.4 Å². The molecule has 0 rings (SSSR count). The van der Waals surface area contributed by atoms with Crippen molar-refractivity contribution in [2.45, 2.75) is 18.9 Å². The van der Waals surface area contributed by atoms with Gasteiger partial charge in [-0.3, -0.25) is 18.0 Å². The van der Waals surface area contributed by atoms with Crippen LogP contribution in [0.2, 0.25) is 0 Å². The van der Waals surface area contributed by atoms with Crippen LogP contribution in [0.5, 0.6) is 0 Å². The van der Waals surface area contributed by atoms with Crippen LogP contribution >= 0.6 is 0 Å². The minimum Gasteiger partial charge on any atom is -0.759 e. The smallest absolute Gasteiger partial charge is 0.759 e. The molecular weight excluding hydrogens is 298 g/mol. The molecule has 9 nitrogen and oxygen atoms in total. The first-order chi connectivity index (χ1) is 6.54. The summed E-state index contributed by atoms with van der Waals surface area (Å²) in [7, 11) is -5.17. The molecule has 4 N–H and O–H groups in total. The van der Waals surface area contributed by atoms with Gasteiger partial charge in [-0.05, 0) is 6.42 Å². The molecule has 1 radical (unpaired) electrons. The van der Waals surface area contributed by atoms with Crippen molar-refractivity contribution in [2.75, 3.05) is 0 Å². The summed E-state index contributed by atoms with van der Waals surface area (Å²) in [6.45, 7) is 0. The molecule has 0 aromatic heterocycles. The number of hydrogen-bond acceptors (Lipinski definition) is 7. The van der Waals surface area contributed by atoms with Crippen LogP contribution in [0, 0.1) is 0 Å². The molecule has 0 aliphatic carbocycles. The zero-order valence-corrected chi connectivity index (χ0v) is 9.38. The van der Waals surface area contributed by atoms with E-state index in [2.05, 4.69) is 0 Å². The van der Waals surface area contributed by atoms with Crippen molar-refractivity contribution in [3.8, 4) is 0 Å². The topological polar surface area (TPSA) is 181 Å². The maximum absolute atomic E-state index is 9.99. The average molecular weight is 307 g/mol. The molecule has 0 heterocycles. The van der Waals surface area contributed by atoms with E-state index in [-0.39, 0.29) is 29.9 Å². The molecule has 0 amide bonds. The number of carbonyl (C=O) groups is 2. The first kappa shape index (κ1) is 20.7. The van der Waals surface area contributed by atoms with Crippen LogP contribution in [0.3, 0.4) is 0 Å². The van der Waals surface area contributed by atoms with Gasteiger partial charge in [0.1, 0.15) is 6.04 Å². The SMILES string of the molecule is NC(CCC(=O)O)C(=O)O.O=S(=O)([O-])[O-].[Cu+2]. The van der Waals surface area contributed by atoms with Gasteiger partial charge in [-0.25, -0.2) is 0 Å². The Morgan fingerprint density at radius 1 is 1.25 bits per heavy atom. The van der Waals surface area contributed by atoms with E-state index in [1.54, 1.807) is 0 Å². The Morgan fingerprint density at radius 2 is 1.56 bits per heavy atom. The quantitative estimate of drug-likeness (QED) is 0.298. The third-order valence-electron chi connectivity index (χ3n) is 0.986. The summed E-state index contributed by atoms with van der Waals surface area (Å²) in [6, 6.07) is -1.06. The van der Waals surface area contributed by atoms with Crippen LogP contribution in [0.15, 0.2) is 0 Å². The van der Waals surface area contributed by atoms with E-state index in [1.165, 1.54) is 0 Å². The summed E-state index contributed by atoms with van der Waals surface area (Å²) in [6.07, 6.45) is -0.224. The summed E-state index contributed by atoms with van der Waals surface area (Å²) >= 11 is 0. The van der Waals surface area contributed by atoms with Crippen molar-refractivity contribution in [3.05, 3.63) is 0 Å². The second-order valence-electron chi connectivity index (χ2n) is 2.29. The van der Waals surface area contributed by atoms with Crippen LogP contribution in [0.1, 0.15) is 12.8 Å². The Bertz CT molecular complexity index is 306. The summed E-state index contributed by atoms with van der Waals surface area (Å²) in [4.78, 5) is 19.9.